The summed E-state index contributed by atoms with van der Waals surface area (Å²) in [5.74, 6) is 1.70. The normalized spacial score (nSPS) is 10.8. The summed E-state index contributed by atoms with van der Waals surface area (Å²) < 4.78 is 1.87. The second-order valence-electron chi connectivity index (χ2n) is 3.89. The molecule has 0 atom stereocenters. The largest absolute Gasteiger partial charge is 0.398 e. The van der Waals surface area contributed by atoms with Crippen molar-refractivity contribution in [1.82, 2.24) is 9.55 Å². The Morgan fingerprint density at radius 3 is 2.82 bits per heavy atom. The van der Waals surface area contributed by atoms with Crippen LogP contribution in [0.15, 0.2) is 29.3 Å². The van der Waals surface area contributed by atoms with Gasteiger partial charge in [-0.05, 0) is 24.6 Å². The average Bonchev–Trinajstić information content (AvgIpc) is 2.59. The highest BCUT2D eigenvalue weighted by atomic mass is 35.5. The van der Waals surface area contributed by atoms with Gasteiger partial charge in [-0.1, -0.05) is 17.7 Å². The van der Waals surface area contributed by atoms with Gasteiger partial charge in [-0.25, -0.2) is 4.98 Å². The van der Waals surface area contributed by atoms with E-state index in [1.54, 1.807) is 18.0 Å². The van der Waals surface area contributed by atoms with E-state index in [1.807, 2.05) is 30.7 Å². The summed E-state index contributed by atoms with van der Waals surface area (Å²) in [4.78, 5) is 5.33. The van der Waals surface area contributed by atoms with E-state index in [9.17, 15) is 0 Å². The van der Waals surface area contributed by atoms with E-state index < -0.39 is 0 Å². The fraction of sp³-hybridized carbons (Fsp3) is 0.250. The Bertz CT molecular complexity index is 537. The van der Waals surface area contributed by atoms with Gasteiger partial charge in [-0.15, -0.1) is 11.8 Å². The zero-order valence-electron chi connectivity index (χ0n) is 9.77. The van der Waals surface area contributed by atoms with Gasteiger partial charge >= 0.3 is 0 Å². The first-order chi connectivity index (χ1) is 8.08. The van der Waals surface area contributed by atoms with Crippen molar-refractivity contribution in [2.75, 3.05) is 5.73 Å². The van der Waals surface area contributed by atoms with Crippen molar-refractivity contribution in [3.05, 3.63) is 40.9 Å². The predicted molar refractivity (Wildman–Crippen MR) is 73.4 cm³/mol. The third kappa shape index (κ3) is 2.76. The highest BCUT2D eigenvalue weighted by Gasteiger charge is 2.06. The van der Waals surface area contributed by atoms with Crippen LogP contribution in [0, 0.1) is 6.92 Å². The Morgan fingerprint density at radius 1 is 1.47 bits per heavy atom. The van der Waals surface area contributed by atoms with Crippen LogP contribution >= 0.6 is 23.4 Å². The van der Waals surface area contributed by atoms with Gasteiger partial charge in [-0.3, -0.25) is 0 Å². The van der Waals surface area contributed by atoms with E-state index in [0.717, 1.165) is 22.2 Å². The molecule has 0 radical (unpaired) electrons. The molecule has 90 valence electrons. The number of aromatic nitrogens is 2. The van der Waals surface area contributed by atoms with E-state index >= 15 is 0 Å². The molecule has 1 aromatic carbocycles. The summed E-state index contributed by atoms with van der Waals surface area (Å²) in [6.45, 7) is 2.03. The summed E-state index contributed by atoms with van der Waals surface area (Å²) in [7, 11) is 1.91. The van der Waals surface area contributed by atoms with Crippen LogP contribution in [0.25, 0.3) is 0 Å². The molecule has 0 aliphatic carbocycles. The van der Waals surface area contributed by atoms with Gasteiger partial charge in [0.2, 0.25) is 0 Å². The average molecular weight is 268 g/mol. The summed E-state index contributed by atoms with van der Waals surface area (Å²) in [6.07, 6.45) is 1.66. The predicted octanol–water partition coefficient (Wildman–Crippen LogP) is 3.26. The molecule has 5 heteroatoms. The number of halogens is 1. The van der Waals surface area contributed by atoms with Crippen molar-refractivity contribution in [1.29, 1.82) is 0 Å². The minimum absolute atomic E-state index is 0.650. The first-order valence-electron chi connectivity index (χ1n) is 5.23. The Balaban J connectivity index is 2.10. The molecule has 3 nitrogen and oxygen atoms in total. The first-order valence-corrected chi connectivity index (χ1v) is 6.59. The van der Waals surface area contributed by atoms with Crippen molar-refractivity contribution in [3.8, 4) is 0 Å². The molecule has 0 amide bonds. The number of aryl methyl sites for hydroxylation is 1. The molecule has 0 aliphatic heterocycles. The molecule has 0 saturated heterocycles. The maximum atomic E-state index is 5.95. The van der Waals surface area contributed by atoms with Crippen LogP contribution < -0.4 is 5.73 Å². The molecule has 2 aromatic rings. The molecular weight excluding hydrogens is 254 g/mol. The fourth-order valence-corrected chi connectivity index (χ4v) is 2.59. The summed E-state index contributed by atoms with van der Waals surface area (Å²) >= 11 is 7.60. The summed E-state index contributed by atoms with van der Waals surface area (Å²) in [5.41, 5.74) is 7.94. The molecule has 0 unspecified atom stereocenters. The lowest BCUT2D eigenvalue weighted by Crippen LogP contribution is -1.96. The lowest BCUT2D eigenvalue weighted by atomic mass is 10.2. The quantitative estimate of drug-likeness (QED) is 0.686. The van der Waals surface area contributed by atoms with E-state index in [4.69, 9.17) is 17.3 Å². The Kier molecular flexibility index (Phi) is 3.64. The molecule has 0 saturated carbocycles. The number of anilines is 1. The van der Waals surface area contributed by atoms with Crippen LogP contribution in [0.2, 0.25) is 5.15 Å². The molecule has 2 N–H and O–H groups in total. The van der Waals surface area contributed by atoms with Crippen LogP contribution in [0.5, 0.6) is 0 Å². The van der Waals surface area contributed by atoms with E-state index in [2.05, 4.69) is 11.1 Å². The molecule has 0 aliphatic rings. The minimum atomic E-state index is 0.650. The van der Waals surface area contributed by atoms with Crippen LogP contribution in [-0.4, -0.2) is 9.55 Å². The molecule has 17 heavy (non-hydrogen) atoms. The molecule has 1 aromatic heterocycles. The number of thioether (sulfide) groups is 1. The van der Waals surface area contributed by atoms with Crippen LogP contribution in [-0.2, 0) is 12.8 Å². The lowest BCUT2D eigenvalue weighted by Gasteiger charge is -2.06. The van der Waals surface area contributed by atoms with Crippen molar-refractivity contribution in [3.63, 3.8) is 0 Å². The third-order valence-corrected chi connectivity index (χ3v) is 3.99. The van der Waals surface area contributed by atoms with Gasteiger partial charge in [0.1, 0.15) is 11.0 Å². The number of benzene rings is 1. The highest BCUT2D eigenvalue weighted by Crippen LogP contribution is 2.28. The topological polar surface area (TPSA) is 43.8 Å². The number of hydrogen-bond donors (Lipinski definition) is 1. The van der Waals surface area contributed by atoms with Crippen LogP contribution in [0.1, 0.15) is 11.4 Å². The smallest absolute Gasteiger partial charge is 0.128 e. The monoisotopic (exact) mass is 267 g/mol. The van der Waals surface area contributed by atoms with Crippen molar-refractivity contribution in [2.24, 2.45) is 7.05 Å². The van der Waals surface area contributed by atoms with E-state index in [1.165, 1.54) is 5.56 Å². The van der Waals surface area contributed by atoms with Crippen molar-refractivity contribution in [2.45, 2.75) is 17.6 Å². The standard InChI is InChI=1S/C12H14ClN3S/c1-8-3-4-10(9(14)5-8)17-7-12-15-6-11(13)16(12)2/h3-6H,7,14H2,1-2H3. The lowest BCUT2D eigenvalue weighted by molar-refractivity contribution is 0.850. The number of rotatable bonds is 3. The Hall–Kier alpha value is -1.13. The fourth-order valence-electron chi connectivity index (χ4n) is 1.50. The van der Waals surface area contributed by atoms with E-state index in [-0.39, 0.29) is 0 Å². The highest BCUT2D eigenvalue weighted by molar-refractivity contribution is 7.98. The van der Waals surface area contributed by atoms with Gasteiger partial charge < -0.3 is 10.3 Å². The Morgan fingerprint density at radius 2 is 2.24 bits per heavy atom. The van der Waals surface area contributed by atoms with Gasteiger partial charge in [-0.2, -0.15) is 0 Å². The third-order valence-electron chi connectivity index (χ3n) is 2.55. The molecule has 1 heterocycles. The minimum Gasteiger partial charge on any atom is -0.398 e. The number of nitrogen functional groups attached to an aromatic ring is 1. The maximum Gasteiger partial charge on any atom is 0.128 e. The van der Waals surface area contributed by atoms with Crippen LogP contribution in [0.4, 0.5) is 5.69 Å². The first kappa shape index (κ1) is 12.3. The van der Waals surface area contributed by atoms with E-state index in [0.29, 0.717) is 5.15 Å². The molecular formula is C12H14ClN3S. The molecule has 0 spiro atoms. The number of imidazole rings is 1. The van der Waals surface area contributed by atoms with Crippen LogP contribution in [0.3, 0.4) is 0 Å². The maximum absolute atomic E-state index is 5.95. The number of hydrogen-bond acceptors (Lipinski definition) is 3. The second kappa shape index (κ2) is 5.02. The zero-order chi connectivity index (χ0) is 12.4. The van der Waals surface area contributed by atoms with Gasteiger partial charge in [0, 0.05) is 17.6 Å². The van der Waals surface area contributed by atoms with Gasteiger partial charge in [0.05, 0.1) is 11.9 Å². The summed E-state index contributed by atoms with van der Waals surface area (Å²) in [5, 5.41) is 0.650. The van der Waals surface area contributed by atoms with Crippen molar-refractivity contribution >= 4 is 29.1 Å². The Labute approximate surface area is 110 Å². The molecule has 2 rings (SSSR count). The number of nitrogens with two attached hydrogens (primary N) is 1. The zero-order valence-corrected chi connectivity index (χ0v) is 11.3. The SMILES string of the molecule is Cc1ccc(SCc2ncc(Cl)n2C)c(N)c1. The number of nitrogens with zero attached hydrogens (tertiary/aromatic N) is 2. The van der Waals surface area contributed by atoms with Gasteiger partial charge in [0.25, 0.3) is 0 Å². The van der Waals surface area contributed by atoms with Gasteiger partial charge in [0.15, 0.2) is 0 Å². The molecule has 0 bridgehead atoms. The second-order valence-corrected chi connectivity index (χ2v) is 5.29. The van der Waals surface area contributed by atoms with Crippen molar-refractivity contribution < 1.29 is 0 Å². The molecule has 0 fully saturated rings. The summed E-state index contributed by atoms with van der Waals surface area (Å²) in [6, 6.07) is 6.08.